The van der Waals surface area contributed by atoms with Gasteiger partial charge in [0.25, 0.3) is 5.56 Å². The quantitative estimate of drug-likeness (QED) is 0.851. The summed E-state index contributed by atoms with van der Waals surface area (Å²) in [6, 6.07) is 1.75. The van der Waals surface area contributed by atoms with Crippen molar-refractivity contribution in [3.8, 4) is 0 Å². The van der Waals surface area contributed by atoms with Crippen molar-refractivity contribution in [2.24, 2.45) is 0 Å². The van der Waals surface area contributed by atoms with Crippen LogP contribution < -0.4 is 5.56 Å². The zero-order valence-corrected chi connectivity index (χ0v) is 13.2. The zero-order chi connectivity index (χ0) is 15.7. The third-order valence-electron chi connectivity index (χ3n) is 4.06. The molecular formula is C15H21N5O2. The van der Waals surface area contributed by atoms with Gasteiger partial charge < -0.3 is 4.42 Å². The highest BCUT2D eigenvalue weighted by Crippen LogP contribution is 2.25. The van der Waals surface area contributed by atoms with Crippen LogP contribution in [0.3, 0.4) is 0 Å². The van der Waals surface area contributed by atoms with Gasteiger partial charge in [0.2, 0.25) is 11.8 Å². The molecule has 7 heteroatoms. The summed E-state index contributed by atoms with van der Waals surface area (Å²) in [5.74, 6) is 1.19. The Morgan fingerprint density at radius 2 is 2.23 bits per heavy atom. The highest BCUT2D eigenvalue weighted by atomic mass is 16.4. The Kier molecular flexibility index (Phi) is 4.06. The van der Waals surface area contributed by atoms with Gasteiger partial charge in [0.1, 0.15) is 0 Å². The standard InChI is InChI=1S/C15H21N5O2/c1-4-6-20-14(21)8-12-9-19(7-5-13(12)18-20)10(2)15-17-16-11(3)22-15/h8,10H,4-7,9H2,1-3H3/t10-/m1/s1. The molecule has 1 atom stereocenters. The van der Waals surface area contributed by atoms with Crippen LogP contribution >= 0.6 is 0 Å². The zero-order valence-electron chi connectivity index (χ0n) is 13.2. The van der Waals surface area contributed by atoms with E-state index in [9.17, 15) is 4.79 Å². The third-order valence-corrected chi connectivity index (χ3v) is 4.06. The van der Waals surface area contributed by atoms with Gasteiger partial charge in [-0.15, -0.1) is 10.2 Å². The summed E-state index contributed by atoms with van der Waals surface area (Å²) in [6.45, 7) is 8.11. The summed E-state index contributed by atoms with van der Waals surface area (Å²) in [4.78, 5) is 14.3. The van der Waals surface area contributed by atoms with Gasteiger partial charge in [-0.1, -0.05) is 6.92 Å². The number of nitrogens with zero attached hydrogens (tertiary/aromatic N) is 5. The fourth-order valence-electron chi connectivity index (χ4n) is 2.80. The van der Waals surface area contributed by atoms with E-state index < -0.39 is 0 Å². The van der Waals surface area contributed by atoms with Crippen LogP contribution in [0.1, 0.15) is 49.3 Å². The minimum absolute atomic E-state index is 0.0243. The first-order chi connectivity index (χ1) is 10.6. The van der Waals surface area contributed by atoms with Crippen LogP contribution in [0.4, 0.5) is 0 Å². The Morgan fingerprint density at radius 3 is 2.91 bits per heavy atom. The number of hydrogen-bond donors (Lipinski definition) is 0. The summed E-state index contributed by atoms with van der Waals surface area (Å²) < 4.78 is 7.08. The van der Waals surface area contributed by atoms with Crippen molar-refractivity contribution >= 4 is 0 Å². The van der Waals surface area contributed by atoms with Gasteiger partial charge in [-0.25, -0.2) is 4.68 Å². The molecule has 0 aliphatic carbocycles. The fourth-order valence-corrected chi connectivity index (χ4v) is 2.80. The van der Waals surface area contributed by atoms with E-state index >= 15 is 0 Å². The van der Waals surface area contributed by atoms with Crippen molar-refractivity contribution in [2.45, 2.75) is 52.7 Å². The van der Waals surface area contributed by atoms with Gasteiger partial charge in [0.05, 0.1) is 11.7 Å². The molecule has 3 rings (SSSR count). The fraction of sp³-hybridized carbons (Fsp3) is 0.600. The molecule has 0 saturated heterocycles. The molecule has 0 saturated carbocycles. The molecule has 2 aromatic heterocycles. The van der Waals surface area contributed by atoms with Gasteiger partial charge in [-0.2, -0.15) is 5.10 Å². The molecule has 1 aliphatic heterocycles. The lowest BCUT2D eigenvalue weighted by Crippen LogP contribution is -2.36. The lowest BCUT2D eigenvalue weighted by atomic mass is 10.0. The Labute approximate surface area is 129 Å². The van der Waals surface area contributed by atoms with E-state index in [4.69, 9.17) is 4.42 Å². The Balaban J connectivity index is 1.81. The summed E-state index contributed by atoms with van der Waals surface area (Å²) >= 11 is 0. The normalized spacial score (nSPS) is 16.5. The first-order valence-electron chi connectivity index (χ1n) is 7.72. The van der Waals surface area contributed by atoms with Crippen LogP contribution in [-0.4, -0.2) is 31.4 Å². The second-order valence-corrected chi connectivity index (χ2v) is 5.73. The van der Waals surface area contributed by atoms with Gasteiger partial charge in [0.15, 0.2) is 0 Å². The molecule has 22 heavy (non-hydrogen) atoms. The number of aryl methyl sites for hydroxylation is 2. The molecule has 0 unspecified atom stereocenters. The monoisotopic (exact) mass is 303 g/mol. The second-order valence-electron chi connectivity index (χ2n) is 5.73. The molecule has 0 spiro atoms. The molecule has 0 amide bonds. The molecule has 0 radical (unpaired) electrons. The molecule has 118 valence electrons. The van der Waals surface area contributed by atoms with Crippen LogP contribution in [-0.2, 0) is 19.5 Å². The number of fused-ring (bicyclic) bond motifs is 1. The molecule has 3 heterocycles. The summed E-state index contributed by atoms with van der Waals surface area (Å²) in [5.41, 5.74) is 2.01. The van der Waals surface area contributed by atoms with E-state index in [2.05, 4.69) is 20.2 Å². The molecule has 0 fully saturated rings. The van der Waals surface area contributed by atoms with Crippen molar-refractivity contribution in [3.63, 3.8) is 0 Å². The second kappa shape index (κ2) is 6.00. The van der Waals surface area contributed by atoms with Crippen LogP contribution in [0.25, 0.3) is 0 Å². The van der Waals surface area contributed by atoms with E-state index in [-0.39, 0.29) is 11.6 Å². The average molecular weight is 303 g/mol. The number of hydrogen-bond acceptors (Lipinski definition) is 6. The van der Waals surface area contributed by atoms with E-state index in [1.165, 1.54) is 0 Å². The molecular weight excluding hydrogens is 282 g/mol. The maximum Gasteiger partial charge on any atom is 0.267 e. The maximum atomic E-state index is 12.1. The summed E-state index contributed by atoms with van der Waals surface area (Å²) in [7, 11) is 0. The van der Waals surface area contributed by atoms with Crippen LogP contribution in [0.15, 0.2) is 15.3 Å². The smallest absolute Gasteiger partial charge is 0.267 e. The Morgan fingerprint density at radius 1 is 1.41 bits per heavy atom. The van der Waals surface area contributed by atoms with Crippen LogP contribution in [0.2, 0.25) is 0 Å². The van der Waals surface area contributed by atoms with Crippen molar-refractivity contribution in [1.29, 1.82) is 0 Å². The van der Waals surface area contributed by atoms with Gasteiger partial charge in [-0.3, -0.25) is 9.69 Å². The molecule has 0 N–H and O–H groups in total. The first-order valence-corrected chi connectivity index (χ1v) is 7.72. The molecule has 0 bridgehead atoms. The minimum Gasteiger partial charge on any atom is -0.424 e. The maximum absolute atomic E-state index is 12.1. The van der Waals surface area contributed by atoms with Crippen LogP contribution in [0.5, 0.6) is 0 Å². The Hall–Kier alpha value is -2.02. The summed E-state index contributed by atoms with van der Waals surface area (Å²) in [6.07, 6.45) is 1.74. The van der Waals surface area contributed by atoms with E-state index in [0.29, 0.717) is 24.9 Å². The van der Waals surface area contributed by atoms with Crippen LogP contribution in [0, 0.1) is 6.92 Å². The highest BCUT2D eigenvalue weighted by Gasteiger charge is 2.26. The van der Waals surface area contributed by atoms with E-state index in [1.54, 1.807) is 17.7 Å². The molecule has 1 aliphatic rings. The molecule has 0 aromatic carbocycles. The molecule has 7 nitrogen and oxygen atoms in total. The van der Waals surface area contributed by atoms with Gasteiger partial charge >= 0.3 is 0 Å². The topological polar surface area (TPSA) is 77.1 Å². The average Bonchev–Trinajstić information content (AvgIpc) is 2.93. The SMILES string of the molecule is CCCn1nc2c(cc1=O)CN([C@H](C)c1nnc(C)o1)CC2. The van der Waals surface area contributed by atoms with Gasteiger partial charge in [-0.05, 0) is 18.9 Å². The predicted octanol–water partition coefficient (Wildman–Crippen LogP) is 1.46. The predicted molar refractivity (Wildman–Crippen MR) is 80.4 cm³/mol. The highest BCUT2D eigenvalue weighted by molar-refractivity contribution is 5.21. The van der Waals surface area contributed by atoms with Crippen molar-refractivity contribution in [3.05, 3.63) is 39.5 Å². The Bertz CT molecular complexity index is 721. The van der Waals surface area contributed by atoms with Gasteiger partial charge in [0, 0.05) is 39.0 Å². The third kappa shape index (κ3) is 2.81. The van der Waals surface area contributed by atoms with E-state index in [0.717, 1.165) is 30.6 Å². The van der Waals surface area contributed by atoms with Crippen molar-refractivity contribution in [2.75, 3.05) is 6.54 Å². The van der Waals surface area contributed by atoms with E-state index in [1.807, 2.05) is 13.8 Å². The first kappa shape index (κ1) is 14.9. The van der Waals surface area contributed by atoms with Crippen molar-refractivity contribution < 1.29 is 4.42 Å². The number of aromatic nitrogens is 4. The lowest BCUT2D eigenvalue weighted by molar-refractivity contribution is 0.163. The van der Waals surface area contributed by atoms with Crippen molar-refractivity contribution in [1.82, 2.24) is 24.9 Å². The largest absolute Gasteiger partial charge is 0.424 e. The summed E-state index contributed by atoms with van der Waals surface area (Å²) in [5, 5.41) is 12.5. The molecule has 2 aromatic rings. The lowest BCUT2D eigenvalue weighted by Gasteiger charge is -2.31. The number of rotatable bonds is 4. The minimum atomic E-state index is -0.0243.